The number of rotatable bonds is 3. The van der Waals surface area contributed by atoms with Crippen molar-refractivity contribution < 1.29 is 37.0 Å². The van der Waals surface area contributed by atoms with Crippen molar-refractivity contribution in [1.29, 1.82) is 0 Å². The van der Waals surface area contributed by atoms with Gasteiger partial charge in [-0.3, -0.25) is 9.69 Å². The number of ether oxygens (including phenoxy) is 3. The van der Waals surface area contributed by atoms with E-state index in [9.17, 15) is 22.8 Å². The molecule has 2 saturated heterocycles. The second-order valence-corrected chi connectivity index (χ2v) is 10.2. The third-order valence-corrected chi connectivity index (χ3v) is 6.65. The Morgan fingerprint density at radius 2 is 1.85 bits per heavy atom. The summed E-state index contributed by atoms with van der Waals surface area (Å²) in [4.78, 5) is 30.8. The first-order valence-electron chi connectivity index (χ1n) is 10.8. The first-order chi connectivity index (χ1) is 15.9. The van der Waals surface area contributed by atoms with E-state index in [0.29, 0.717) is 12.8 Å². The highest BCUT2D eigenvalue weighted by Gasteiger charge is 2.44. The zero-order valence-electron chi connectivity index (χ0n) is 19.2. The van der Waals surface area contributed by atoms with E-state index in [-0.39, 0.29) is 47.0 Å². The minimum atomic E-state index is -4.64. The Balaban J connectivity index is 1.61. The number of fused-ring (bicyclic) bond motifs is 3. The van der Waals surface area contributed by atoms with Crippen LogP contribution < -0.4 is 10.1 Å². The Kier molecular flexibility index (Phi) is 6.40. The molecule has 12 heteroatoms. The maximum atomic E-state index is 13.8. The maximum Gasteiger partial charge on any atom is 0.418 e. The lowest BCUT2D eigenvalue weighted by molar-refractivity contribution is -0.136. The predicted molar refractivity (Wildman–Crippen MR) is 118 cm³/mol. The zero-order valence-corrected chi connectivity index (χ0v) is 20.0. The number of morpholine rings is 1. The van der Waals surface area contributed by atoms with Crippen LogP contribution in [0, 0.1) is 0 Å². The molecule has 0 aromatic carbocycles. The van der Waals surface area contributed by atoms with Crippen LogP contribution in [0.25, 0.3) is 10.2 Å². The standard InChI is InChI=1S/C22H26F3N3O5S/c1-21(2,3)33-20(30)28-11-5-13(6-12(28)9-31-8-11)32-16-7-15(22(23,24)25)18-17(27-16)14(10-34-18)19(29)26-4/h7,10-13H,5-6,8-9H2,1-4H3,(H,26,29). The van der Waals surface area contributed by atoms with Gasteiger partial charge in [-0.2, -0.15) is 13.2 Å². The van der Waals surface area contributed by atoms with Crippen molar-refractivity contribution in [2.24, 2.45) is 0 Å². The normalized spacial score (nSPS) is 23.0. The molecule has 2 aliphatic heterocycles. The molecule has 0 spiro atoms. The molecule has 2 atom stereocenters. The summed E-state index contributed by atoms with van der Waals surface area (Å²) < 4.78 is 58.3. The molecule has 2 fully saturated rings. The van der Waals surface area contributed by atoms with Gasteiger partial charge in [-0.25, -0.2) is 9.78 Å². The fraction of sp³-hybridized carbons (Fsp3) is 0.591. The van der Waals surface area contributed by atoms with Gasteiger partial charge < -0.3 is 19.5 Å². The molecule has 8 nitrogen and oxygen atoms in total. The Morgan fingerprint density at radius 1 is 1.21 bits per heavy atom. The second kappa shape index (κ2) is 8.88. The number of halogens is 3. The molecule has 0 saturated carbocycles. The highest BCUT2D eigenvalue weighted by atomic mass is 32.1. The number of carbonyl (C=O) groups is 2. The molecule has 4 heterocycles. The van der Waals surface area contributed by atoms with Crippen LogP contribution in [0.3, 0.4) is 0 Å². The van der Waals surface area contributed by atoms with Crippen molar-refractivity contribution in [3.05, 3.63) is 22.6 Å². The molecule has 2 amide bonds. The minimum Gasteiger partial charge on any atom is -0.474 e. The number of carbonyl (C=O) groups excluding carboxylic acids is 2. The molecule has 2 bridgehead atoms. The Labute approximate surface area is 198 Å². The molecule has 2 unspecified atom stereocenters. The largest absolute Gasteiger partial charge is 0.474 e. The Bertz CT molecular complexity index is 1080. The van der Waals surface area contributed by atoms with Crippen LogP contribution in [0.2, 0.25) is 0 Å². The number of piperidine rings is 1. The molecular weight excluding hydrogens is 475 g/mol. The molecule has 4 rings (SSSR count). The molecule has 2 aliphatic rings. The molecule has 34 heavy (non-hydrogen) atoms. The van der Waals surface area contributed by atoms with Gasteiger partial charge >= 0.3 is 12.3 Å². The zero-order chi connectivity index (χ0) is 24.8. The summed E-state index contributed by atoms with van der Waals surface area (Å²) >= 11 is 0.814. The summed E-state index contributed by atoms with van der Waals surface area (Å²) in [6, 6.07) is 0.209. The number of pyridine rings is 1. The first kappa shape index (κ1) is 24.5. The second-order valence-electron chi connectivity index (χ2n) is 9.36. The van der Waals surface area contributed by atoms with Crippen LogP contribution in [-0.4, -0.2) is 65.9 Å². The Hall–Kier alpha value is -2.60. The fourth-order valence-electron chi connectivity index (χ4n) is 4.30. The summed E-state index contributed by atoms with van der Waals surface area (Å²) in [5.74, 6) is -0.737. The Morgan fingerprint density at radius 3 is 2.41 bits per heavy atom. The molecular formula is C22H26F3N3O5S. The van der Waals surface area contributed by atoms with E-state index < -0.39 is 35.4 Å². The van der Waals surface area contributed by atoms with Gasteiger partial charge in [0.25, 0.3) is 5.91 Å². The highest BCUT2D eigenvalue weighted by molar-refractivity contribution is 7.17. The number of alkyl halides is 3. The number of aromatic nitrogens is 1. The van der Waals surface area contributed by atoms with E-state index in [4.69, 9.17) is 14.2 Å². The van der Waals surface area contributed by atoms with E-state index in [0.717, 1.165) is 17.4 Å². The van der Waals surface area contributed by atoms with Gasteiger partial charge in [-0.1, -0.05) is 0 Å². The van der Waals surface area contributed by atoms with Crippen LogP contribution in [-0.2, 0) is 15.7 Å². The van der Waals surface area contributed by atoms with Gasteiger partial charge in [-0.15, -0.1) is 11.3 Å². The number of hydrogen-bond acceptors (Lipinski definition) is 7. The monoisotopic (exact) mass is 501 g/mol. The maximum absolute atomic E-state index is 13.8. The van der Waals surface area contributed by atoms with E-state index in [1.807, 2.05) is 0 Å². The minimum absolute atomic E-state index is 0.0520. The smallest absolute Gasteiger partial charge is 0.418 e. The van der Waals surface area contributed by atoms with Crippen molar-refractivity contribution in [2.45, 2.75) is 63.6 Å². The number of nitrogens with one attached hydrogen (secondary N) is 1. The molecule has 2 aromatic heterocycles. The summed E-state index contributed by atoms with van der Waals surface area (Å²) in [6.45, 7) is 5.90. The molecule has 0 radical (unpaired) electrons. The average molecular weight is 502 g/mol. The lowest BCUT2D eigenvalue weighted by Crippen LogP contribution is -2.61. The average Bonchev–Trinajstić information content (AvgIpc) is 3.13. The van der Waals surface area contributed by atoms with Gasteiger partial charge in [0.2, 0.25) is 5.88 Å². The SMILES string of the molecule is CNC(=O)c1csc2c(C(F)(F)F)cc(OC3CC4COCC(C3)N4C(=O)OC(C)(C)C)nc12. The van der Waals surface area contributed by atoms with Crippen LogP contribution in [0.1, 0.15) is 49.5 Å². The fourth-order valence-corrected chi connectivity index (χ4v) is 5.32. The van der Waals surface area contributed by atoms with Crippen molar-refractivity contribution in [2.75, 3.05) is 20.3 Å². The van der Waals surface area contributed by atoms with Crippen LogP contribution >= 0.6 is 11.3 Å². The lowest BCUT2D eigenvalue weighted by Gasteiger charge is -2.47. The summed E-state index contributed by atoms with van der Waals surface area (Å²) in [7, 11) is 1.40. The highest BCUT2D eigenvalue weighted by Crippen LogP contribution is 2.41. The predicted octanol–water partition coefficient (Wildman–Crippen LogP) is 4.22. The van der Waals surface area contributed by atoms with E-state index in [1.54, 1.807) is 25.7 Å². The van der Waals surface area contributed by atoms with Crippen molar-refractivity contribution >= 4 is 33.6 Å². The number of nitrogens with zero attached hydrogens (tertiary/aromatic N) is 2. The van der Waals surface area contributed by atoms with Crippen molar-refractivity contribution in [3.63, 3.8) is 0 Å². The van der Waals surface area contributed by atoms with Gasteiger partial charge in [-0.05, 0) is 20.8 Å². The summed E-state index contributed by atoms with van der Waals surface area (Å²) in [5, 5.41) is 3.78. The van der Waals surface area contributed by atoms with E-state index in [2.05, 4.69) is 10.3 Å². The molecule has 0 aliphatic carbocycles. The lowest BCUT2D eigenvalue weighted by atomic mass is 9.92. The summed E-state index contributed by atoms with van der Waals surface area (Å²) in [6.07, 6.45) is -4.87. The number of amides is 2. The van der Waals surface area contributed by atoms with Gasteiger partial charge in [0, 0.05) is 31.3 Å². The van der Waals surface area contributed by atoms with E-state index in [1.165, 1.54) is 12.4 Å². The topological polar surface area (TPSA) is 90.0 Å². The molecule has 186 valence electrons. The molecule has 2 aromatic rings. The van der Waals surface area contributed by atoms with Crippen LogP contribution in [0.4, 0.5) is 18.0 Å². The number of hydrogen-bond donors (Lipinski definition) is 1. The van der Waals surface area contributed by atoms with E-state index >= 15 is 0 Å². The van der Waals surface area contributed by atoms with Crippen molar-refractivity contribution in [1.82, 2.24) is 15.2 Å². The molecule has 1 N–H and O–H groups in total. The van der Waals surface area contributed by atoms with Crippen molar-refractivity contribution in [3.8, 4) is 5.88 Å². The first-order valence-corrected chi connectivity index (χ1v) is 11.7. The van der Waals surface area contributed by atoms with Gasteiger partial charge in [0.1, 0.15) is 11.7 Å². The third kappa shape index (κ3) is 4.92. The quantitative estimate of drug-likeness (QED) is 0.678. The van der Waals surface area contributed by atoms with Gasteiger partial charge in [0.05, 0.1) is 46.6 Å². The van der Waals surface area contributed by atoms with Crippen LogP contribution in [0.15, 0.2) is 11.4 Å². The van der Waals surface area contributed by atoms with Crippen LogP contribution in [0.5, 0.6) is 5.88 Å². The summed E-state index contributed by atoms with van der Waals surface area (Å²) in [5.41, 5.74) is -1.55. The third-order valence-electron chi connectivity index (χ3n) is 5.65. The van der Waals surface area contributed by atoms with Gasteiger partial charge in [0.15, 0.2) is 0 Å². The number of thiophene rings is 1.